The molecule has 3 nitrogen and oxygen atoms in total. The SMILES string of the molecule is CC(=O)c1cc(C)[c-]cc1F.Cc1[c-]cc(F)c(C(=O)O)c1.[B].[Y].[Y]. The maximum Gasteiger partial charge on any atom is 0.313 e. The minimum atomic E-state index is -1.25. The van der Waals surface area contributed by atoms with E-state index >= 15 is 0 Å². The molecule has 0 heterocycles. The van der Waals surface area contributed by atoms with Crippen LogP contribution in [0.5, 0.6) is 0 Å². The topological polar surface area (TPSA) is 54.4 Å². The van der Waals surface area contributed by atoms with Gasteiger partial charge in [0.2, 0.25) is 0 Å². The second-order valence-electron chi connectivity index (χ2n) is 4.62. The Kier molecular flexibility index (Phi) is 16.3. The van der Waals surface area contributed by atoms with Crippen LogP contribution in [0.25, 0.3) is 0 Å². The number of carboxylic acids is 1. The molecule has 25 heavy (non-hydrogen) atoms. The third-order valence-corrected chi connectivity index (χ3v) is 2.70. The van der Waals surface area contributed by atoms with Crippen LogP contribution in [0, 0.1) is 37.6 Å². The first-order chi connectivity index (χ1) is 10.2. The fourth-order valence-corrected chi connectivity index (χ4v) is 1.60. The minimum Gasteiger partial charge on any atom is -0.479 e. The van der Waals surface area contributed by atoms with Gasteiger partial charge in [-0.15, -0.1) is 12.1 Å². The first-order valence-electron chi connectivity index (χ1n) is 6.32. The maximum absolute atomic E-state index is 12.8. The van der Waals surface area contributed by atoms with Gasteiger partial charge in [-0.05, 0) is 12.5 Å². The maximum atomic E-state index is 12.8. The first-order valence-corrected chi connectivity index (χ1v) is 6.32. The van der Waals surface area contributed by atoms with Crippen molar-refractivity contribution in [1.29, 1.82) is 0 Å². The van der Waals surface area contributed by atoms with Gasteiger partial charge in [0.1, 0.15) is 5.78 Å². The number of hydrogen-bond donors (Lipinski definition) is 1. The molecule has 0 aromatic heterocycles. The molecule has 0 saturated heterocycles. The van der Waals surface area contributed by atoms with Crippen LogP contribution in [-0.4, -0.2) is 25.3 Å². The zero-order valence-electron chi connectivity index (χ0n) is 14.1. The average molecular weight is 493 g/mol. The number of rotatable bonds is 2. The summed E-state index contributed by atoms with van der Waals surface area (Å²) in [5.41, 5.74) is 1.22. The summed E-state index contributed by atoms with van der Waals surface area (Å²) in [6, 6.07) is 10.2. The predicted molar refractivity (Wildman–Crippen MR) is 82.7 cm³/mol. The van der Waals surface area contributed by atoms with E-state index in [0.29, 0.717) is 5.56 Å². The summed E-state index contributed by atoms with van der Waals surface area (Å²) in [5, 5.41) is 8.44. The molecule has 8 heteroatoms. The zero-order chi connectivity index (χ0) is 16.9. The summed E-state index contributed by atoms with van der Waals surface area (Å²) in [6.45, 7) is 4.77. The molecule has 125 valence electrons. The molecule has 0 aliphatic carbocycles. The number of carbonyl (C=O) groups excluding carboxylic acids is 1. The molecule has 5 radical (unpaired) electrons. The van der Waals surface area contributed by atoms with Gasteiger partial charge in [-0.3, -0.25) is 13.6 Å². The molecule has 0 saturated carbocycles. The molecular formula is C17H14BF2O3Y2-2. The predicted octanol–water partition coefficient (Wildman–Crippen LogP) is 3.38. The van der Waals surface area contributed by atoms with E-state index in [1.165, 1.54) is 25.1 Å². The normalized spacial score (nSPS) is 8.52. The number of carboxylic acid groups (broad SMARTS) is 1. The fourth-order valence-electron chi connectivity index (χ4n) is 1.60. The van der Waals surface area contributed by atoms with Crippen LogP contribution in [0.2, 0.25) is 0 Å². The molecule has 2 aromatic rings. The largest absolute Gasteiger partial charge is 0.479 e. The average Bonchev–Trinajstić information content (AvgIpc) is 2.44. The summed E-state index contributed by atoms with van der Waals surface area (Å²) in [4.78, 5) is 21.1. The van der Waals surface area contributed by atoms with Crippen LogP contribution in [0.4, 0.5) is 8.78 Å². The van der Waals surface area contributed by atoms with Crippen LogP contribution in [0.1, 0.15) is 38.8 Å². The van der Waals surface area contributed by atoms with Crippen molar-refractivity contribution < 1.29 is 88.9 Å². The molecule has 0 aliphatic rings. The Labute approximate surface area is 198 Å². The molecule has 0 spiro atoms. The standard InChI is InChI=1S/C9H8FO.C8H6FO2.B.2Y/c1-6-3-4-9(10)8(5-6)7(2)11;1-5-2-3-7(9)6(4-5)8(10)11;;;/h4-5H,1-2H3;3-4H,1H3,(H,10,11);;;/q2*-1;;;. The summed E-state index contributed by atoms with van der Waals surface area (Å²) in [5.74, 6) is -2.74. The third-order valence-electron chi connectivity index (χ3n) is 2.70. The molecule has 0 bridgehead atoms. The van der Waals surface area contributed by atoms with Gasteiger partial charge in [0.25, 0.3) is 0 Å². The van der Waals surface area contributed by atoms with Crippen molar-refractivity contribution in [3.8, 4) is 0 Å². The molecule has 1 N–H and O–H groups in total. The van der Waals surface area contributed by atoms with Crippen molar-refractivity contribution in [3.63, 3.8) is 0 Å². The van der Waals surface area contributed by atoms with E-state index in [1.54, 1.807) is 13.8 Å². The summed E-state index contributed by atoms with van der Waals surface area (Å²) in [7, 11) is 0. The van der Waals surface area contributed by atoms with Crippen LogP contribution in [0.15, 0.2) is 24.3 Å². The molecule has 0 aliphatic heterocycles. The number of aryl methyl sites for hydroxylation is 2. The van der Waals surface area contributed by atoms with E-state index in [2.05, 4.69) is 12.1 Å². The van der Waals surface area contributed by atoms with Crippen molar-refractivity contribution in [2.75, 3.05) is 0 Å². The van der Waals surface area contributed by atoms with E-state index in [0.717, 1.165) is 11.6 Å². The van der Waals surface area contributed by atoms with Crippen LogP contribution in [-0.2, 0) is 65.4 Å². The van der Waals surface area contributed by atoms with Crippen molar-refractivity contribution in [3.05, 3.63) is 70.3 Å². The van der Waals surface area contributed by atoms with Gasteiger partial charge in [0, 0.05) is 85.5 Å². The van der Waals surface area contributed by atoms with Crippen molar-refractivity contribution in [2.24, 2.45) is 0 Å². The van der Waals surface area contributed by atoms with Gasteiger partial charge in [0.05, 0.1) is 0 Å². The van der Waals surface area contributed by atoms with Gasteiger partial charge in [-0.2, -0.15) is 35.4 Å². The van der Waals surface area contributed by atoms with Crippen LogP contribution < -0.4 is 0 Å². The van der Waals surface area contributed by atoms with E-state index in [4.69, 9.17) is 5.11 Å². The van der Waals surface area contributed by atoms with Gasteiger partial charge < -0.3 is 5.11 Å². The number of ketones is 1. The Hall–Kier alpha value is -0.287. The first kappa shape index (κ1) is 29.5. The van der Waals surface area contributed by atoms with E-state index < -0.39 is 17.6 Å². The molecule has 0 atom stereocenters. The van der Waals surface area contributed by atoms with E-state index in [1.807, 2.05) is 0 Å². The van der Waals surface area contributed by atoms with Crippen molar-refractivity contribution in [2.45, 2.75) is 20.8 Å². The quantitative estimate of drug-likeness (QED) is 0.397. The number of halogens is 2. The van der Waals surface area contributed by atoms with E-state index in [-0.39, 0.29) is 90.7 Å². The molecular weight excluding hydrogens is 479 g/mol. The number of carbonyl (C=O) groups is 2. The molecule has 2 aromatic carbocycles. The monoisotopic (exact) mass is 493 g/mol. The fraction of sp³-hybridized carbons (Fsp3) is 0.176. The van der Waals surface area contributed by atoms with Crippen LogP contribution in [0.3, 0.4) is 0 Å². The Morgan fingerprint density at radius 2 is 1.28 bits per heavy atom. The van der Waals surface area contributed by atoms with Crippen LogP contribution >= 0.6 is 0 Å². The second kappa shape index (κ2) is 13.9. The number of hydrogen-bond acceptors (Lipinski definition) is 2. The van der Waals surface area contributed by atoms with Gasteiger partial charge in [-0.1, -0.05) is 19.4 Å². The van der Waals surface area contributed by atoms with Crippen molar-refractivity contribution in [1.82, 2.24) is 0 Å². The Morgan fingerprint density at radius 1 is 0.920 bits per heavy atom. The van der Waals surface area contributed by atoms with Gasteiger partial charge in [0.15, 0.2) is 0 Å². The molecule has 2 rings (SSSR count). The summed E-state index contributed by atoms with van der Waals surface area (Å²) < 4.78 is 25.4. The third kappa shape index (κ3) is 9.84. The zero-order valence-corrected chi connectivity index (χ0v) is 19.7. The second-order valence-corrected chi connectivity index (χ2v) is 4.62. The summed E-state index contributed by atoms with van der Waals surface area (Å²) in [6.07, 6.45) is 0. The number of Topliss-reactive ketones (excluding diaryl/α,β-unsaturated/α-hetero) is 1. The minimum absolute atomic E-state index is 0. The Morgan fingerprint density at radius 3 is 1.56 bits per heavy atom. The molecule has 0 fully saturated rings. The van der Waals surface area contributed by atoms with Crippen molar-refractivity contribution >= 4 is 20.2 Å². The Bertz CT molecular complexity index is 664. The van der Waals surface area contributed by atoms with Gasteiger partial charge >= 0.3 is 5.97 Å². The molecule has 0 unspecified atom stereocenters. The number of aromatic carboxylic acids is 1. The smallest absolute Gasteiger partial charge is 0.313 e. The van der Waals surface area contributed by atoms with Gasteiger partial charge in [-0.25, -0.2) is 4.79 Å². The molecule has 0 amide bonds. The summed E-state index contributed by atoms with van der Waals surface area (Å²) >= 11 is 0. The Balaban J connectivity index is -0.000000346. The van der Waals surface area contributed by atoms with E-state index in [9.17, 15) is 18.4 Å². The number of benzene rings is 2.